The molecular formula is C18H35N2O+. The molecule has 1 aliphatic rings. The van der Waals surface area contributed by atoms with E-state index in [0.717, 1.165) is 31.9 Å². The monoisotopic (exact) mass is 295 g/mol. The molecule has 1 N–H and O–H groups in total. The van der Waals surface area contributed by atoms with Crippen LogP contribution in [0.2, 0.25) is 0 Å². The smallest absolute Gasteiger partial charge is 0.204 e. The van der Waals surface area contributed by atoms with Gasteiger partial charge in [-0.3, -0.25) is 4.48 Å². The number of aliphatic imine (C=N–C) groups is 1. The van der Waals surface area contributed by atoms with E-state index < -0.39 is 0 Å². The van der Waals surface area contributed by atoms with Crippen LogP contribution < -0.4 is 0 Å². The lowest BCUT2D eigenvalue weighted by Gasteiger charge is -2.35. The molecule has 2 unspecified atom stereocenters. The van der Waals surface area contributed by atoms with Crippen molar-refractivity contribution < 1.29 is 9.59 Å². The SMILES string of the molecule is CCCCCCCC/C=C/CC1=NCC[N+]1(CC)C(C)O. The zero-order valence-electron chi connectivity index (χ0n) is 14.4. The summed E-state index contributed by atoms with van der Waals surface area (Å²) in [5.41, 5.74) is 0. The van der Waals surface area contributed by atoms with Gasteiger partial charge in [-0.15, -0.1) is 0 Å². The number of amidine groups is 1. The van der Waals surface area contributed by atoms with Gasteiger partial charge in [-0.25, -0.2) is 4.99 Å². The number of hydrogen-bond acceptors (Lipinski definition) is 2. The second kappa shape index (κ2) is 10.1. The Balaban J connectivity index is 2.23. The van der Waals surface area contributed by atoms with Gasteiger partial charge in [-0.2, -0.15) is 0 Å². The van der Waals surface area contributed by atoms with Crippen molar-refractivity contribution in [2.45, 2.75) is 78.4 Å². The summed E-state index contributed by atoms with van der Waals surface area (Å²) in [5, 5.41) is 10.1. The molecule has 3 nitrogen and oxygen atoms in total. The Morgan fingerprint density at radius 3 is 2.52 bits per heavy atom. The first-order chi connectivity index (χ1) is 10.2. The van der Waals surface area contributed by atoms with E-state index in [9.17, 15) is 5.11 Å². The Morgan fingerprint density at radius 1 is 1.14 bits per heavy atom. The molecule has 2 atom stereocenters. The maximum absolute atomic E-state index is 10.1. The molecule has 1 aliphatic heterocycles. The molecule has 3 heteroatoms. The van der Waals surface area contributed by atoms with Crippen molar-refractivity contribution >= 4 is 5.84 Å². The number of likely N-dealkylation sites (N-methyl/N-ethyl adjacent to an activating group) is 1. The van der Waals surface area contributed by atoms with Gasteiger partial charge in [-0.1, -0.05) is 51.2 Å². The normalized spacial score (nSPS) is 23.7. The molecule has 0 fully saturated rings. The summed E-state index contributed by atoms with van der Waals surface area (Å²) in [4.78, 5) is 4.63. The van der Waals surface area contributed by atoms with E-state index in [1.54, 1.807) is 0 Å². The molecule has 0 amide bonds. The van der Waals surface area contributed by atoms with Crippen molar-refractivity contribution in [2.24, 2.45) is 4.99 Å². The molecule has 122 valence electrons. The van der Waals surface area contributed by atoms with Gasteiger partial charge in [0, 0.05) is 6.92 Å². The third-order valence-electron chi connectivity index (χ3n) is 4.78. The molecule has 0 spiro atoms. The van der Waals surface area contributed by atoms with E-state index in [1.165, 1.54) is 44.9 Å². The quantitative estimate of drug-likeness (QED) is 0.344. The number of hydrogen-bond donors (Lipinski definition) is 1. The van der Waals surface area contributed by atoms with Gasteiger partial charge < -0.3 is 5.11 Å². The van der Waals surface area contributed by atoms with Crippen LogP contribution in [0, 0.1) is 0 Å². The molecule has 0 aromatic heterocycles. The van der Waals surface area contributed by atoms with E-state index in [2.05, 4.69) is 31.0 Å². The fourth-order valence-corrected chi connectivity index (χ4v) is 3.23. The number of aliphatic hydroxyl groups is 1. The second-order valence-corrected chi connectivity index (χ2v) is 6.24. The van der Waals surface area contributed by atoms with Gasteiger partial charge in [0.2, 0.25) is 5.84 Å². The zero-order valence-corrected chi connectivity index (χ0v) is 14.4. The maximum atomic E-state index is 10.1. The molecule has 0 saturated heterocycles. The minimum Gasteiger partial charge on any atom is -0.345 e. The standard InChI is InChI=1S/C18H35N2O/c1-4-6-7-8-9-10-11-12-13-14-18-19-15-16-20(18,5-2)17(3)21/h12-13,17,21H,4-11,14-16H2,1-3H3/q+1/b13-12+. The number of rotatable bonds is 11. The Kier molecular flexibility index (Phi) is 8.86. The van der Waals surface area contributed by atoms with Crippen molar-refractivity contribution in [1.82, 2.24) is 0 Å². The Hall–Kier alpha value is -0.670. The minimum atomic E-state index is -0.344. The highest BCUT2D eigenvalue weighted by Gasteiger charge is 2.39. The molecular weight excluding hydrogens is 260 g/mol. The lowest BCUT2D eigenvalue weighted by Crippen LogP contribution is -2.56. The molecule has 0 radical (unpaired) electrons. The largest absolute Gasteiger partial charge is 0.345 e. The first kappa shape index (κ1) is 18.4. The van der Waals surface area contributed by atoms with Crippen molar-refractivity contribution in [3.8, 4) is 0 Å². The zero-order chi connectivity index (χ0) is 15.6. The second-order valence-electron chi connectivity index (χ2n) is 6.24. The van der Waals surface area contributed by atoms with Gasteiger partial charge >= 0.3 is 0 Å². The Morgan fingerprint density at radius 2 is 1.86 bits per heavy atom. The molecule has 0 aromatic rings. The van der Waals surface area contributed by atoms with Crippen molar-refractivity contribution in [3.05, 3.63) is 12.2 Å². The first-order valence-corrected chi connectivity index (χ1v) is 8.91. The molecule has 1 heterocycles. The third kappa shape index (κ3) is 5.55. The van der Waals surface area contributed by atoms with Crippen LogP contribution >= 0.6 is 0 Å². The Labute approximate surface area is 131 Å². The predicted molar refractivity (Wildman–Crippen MR) is 91.4 cm³/mol. The number of aliphatic hydroxyl groups excluding tert-OH is 1. The molecule has 21 heavy (non-hydrogen) atoms. The number of unbranched alkanes of at least 4 members (excludes halogenated alkanes) is 6. The van der Waals surface area contributed by atoms with Crippen LogP contribution in [-0.4, -0.2) is 41.3 Å². The van der Waals surface area contributed by atoms with Crippen molar-refractivity contribution in [2.75, 3.05) is 19.6 Å². The maximum Gasteiger partial charge on any atom is 0.204 e. The van der Waals surface area contributed by atoms with Crippen molar-refractivity contribution in [3.63, 3.8) is 0 Å². The predicted octanol–water partition coefficient (Wildman–Crippen LogP) is 4.27. The highest BCUT2D eigenvalue weighted by atomic mass is 16.3. The lowest BCUT2D eigenvalue weighted by molar-refractivity contribution is -0.882. The van der Waals surface area contributed by atoms with Gasteiger partial charge in [0.05, 0.1) is 19.5 Å². The number of allylic oxidation sites excluding steroid dienone is 1. The fourth-order valence-electron chi connectivity index (χ4n) is 3.23. The lowest BCUT2D eigenvalue weighted by atomic mass is 10.1. The van der Waals surface area contributed by atoms with Crippen LogP contribution in [0.5, 0.6) is 0 Å². The average Bonchev–Trinajstić information content (AvgIpc) is 2.89. The van der Waals surface area contributed by atoms with Gasteiger partial charge in [-0.05, 0) is 19.8 Å². The highest BCUT2D eigenvalue weighted by Crippen LogP contribution is 2.21. The highest BCUT2D eigenvalue weighted by molar-refractivity contribution is 5.78. The van der Waals surface area contributed by atoms with E-state index in [-0.39, 0.29) is 6.23 Å². The van der Waals surface area contributed by atoms with Crippen LogP contribution in [0.15, 0.2) is 17.1 Å². The van der Waals surface area contributed by atoms with Crippen LogP contribution in [0.3, 0.4) is 0 Å². The summed E-state index contributed by atoms with van der Waals surface area (Å²) >= 11 is 0. The summed E-state index contributed by atoms with van der Waals surface area (Å²) in [5.74, 6) is 1.16. The van der Waals surface area contributed by atoms with Crippen LogP contribution in [-0.2, 0) is 0 Å². The topological polar surface area (TPSA) is 32.6 Å². The van der Waals surface area contributed by atoms with E-state index in [1.807, 2.05) is 6.92 Å². The van der Waals surface area contributed by atoms with Crippen LogP contribution in [0.1, 0.15) is 72.1 Å². The van der Waals surface area contributed by atoms with Crippen LogP contribution in [0.4, 0.5) is 0 Å². The summed E-state index contributed by atoms with van der Waals surface area (Å²) in [6.07, 6.45) is 14.4. The van der Waals surface area contributed by atoms with Crippen molar-refractivity contribution in [1.29, 1.82) is 0 Å². The number of quaternary nitrogens is 1. The van der Waals surface area contributed by atoms with Crippen LogP contribution in [0.25, 0.3) is 0 Å². The molecule has 1 rings (SSSR count). The summed E-state index contributed by atoms with van der Waals surface area (Å²) in [6, 6.07) is 0. The Bertz CT molecular complexity index is 336. The summed E-state index contributed by atoms with van der Waals surface area (Å²) in [7, 11) is 0. The van der Waals surface area contributed by atoms with E-state index in [4.69, 9.17) is 0 Å². The molecule has 0 aromatic carbocycles. The fraction of sp³-hybridized carbons (Fsp3) is 0.833. The van der Waals surface area contributed by atoms with E-state index >= 15 is 0 Å². The average molecular weight is 295 g/mol. The molecule has 0 aliphatic carbocycles. The van der Waals surface area contributed by atoms with Gasteiger partial charge in [0.1, 0.15) is 6.54 Å². The third-order valence-corrected chi connectivity index (χ3v) is 4.78. The first-order valence-electron chi connectivity index (χ1n) is 8.91. The van der Waals surface area contributed by atoms with Gasteiger partial charge in [0.15, 0.2) is 6.23 Å². The summed E-state index contributed by atoms with van der Waals surface area (Å²) in [6.45, 7) is 9.05. The molecule has 0 saturated carbocycles. The van der Waals surface area contributed by atoms with Gasteiger partial charge in [0.25, 0.3) is 0 Å². The minimum absolute atomic E-state index is 0.344. The molecule has 0 bridgehead atoms. The van der Waals surface area contributed by atoms with E-state index in [0.29, 0.717) is 4.48 Å². The summed E-state index contributed by atoms with van der Waals surface area (Å²) < 4.78 is 0.668. The number of nitrogens with zero attached hydrogens (tertiary/aromatic N) is 2.